The summed E-state index contributed by atoms with van der Waals surface area (Å²) in [7, 11) is 1.51. The SMILES string of the molecule is CC1=C(C(=O)Oc2ccccc2)C(c2ncc([N+](=O)[O-])n2C)C2=C(CCCC2=O)N1. The van der Waals surface area contributed by atoms with E-state index in [1.807, 2.05) is 0 Å². The van der Waals surface area contributed by atoms with Gasteiger partial charge in [0, 0.05) is 23.4 Å². The first-order chi connectivity index (χ1) is 14.4. The van der Waals surface area contributed by atoms with E-state index in [9.17, 15) is 19.7 Å². The number of nitro groups is 1. The molecule has 2 heterocycles. The van der Waals surface area contributed by atoms with Crippen molar-refractivity contribution in [2.45, 2.75) is 32.1 Å². The second-order valence-electron chi connectivity index (χ2n) is 7.26. The summed E-state index contributed by atoms with van der Waals surface area (Å²) in [5.74, 6) is -1.18. The second kappa shape index (κ2) is 7.58. The Hall–Kier alpha value is -3.75. The van der Waals surface area contributed by atoms with Crippen LogP contribution in [0.1, 0.15) is 37.9 Å². The molecule has 0 spiro atoms. The van der Waals surface area contributed by atoms with Crippen LogP contribution in [0.25, 0.3) is 0 Å². The van der Waals surface area contributed by atoms with E-state index in [2.05, 4.69) is 10.3 Å². The number of ether oxygens (including phenoxy) is 1. The fourth-order valence-corrected chi connectivity index (χ4v) is 4.01. The van der Waals surface area contributed by atoms with Gasteiger partial charge in [0.2, 0.25) is 5.82 Å². The van der Waals surface area contributed by atoms with Gasteiger partial charge in [0.25, 0.3) is 0 Å². The Morgan fingerprint density at radius 1 is 1.30 bits per heavy atom. The van der Waals surface area contributed by atoms with Crippen LogP contribution < -0.4 is 10.1 Å². The van der Waals surface area contributed by atoms with Crippen molar-refractivity contribution in [3.8, 4) is 5.75 Å². The molecule has 0 fully saturated rings. The quantitative estimate of drug-likeness (QED) is 0.358. The summed E-state index contributed by atoms with van der Waals surface area (Å²) in [4.78, 5) is 41.0. The standard InChI is InChI=1S/C21H20N4O5/c1-12-17(21(27)30-13-7-4-3-5-8-13)19(18-14(23-12)9-6-10-15(18)26)20-22-11-16(24(20)2)25(28)29/h3-5,7-8,11,19,23H,6,9-10H2,1-2H3. The van der Waals surface area contributed by atoms with E-state index in [-0.39, 0.29) is 23.0 Å². The molecule has 1 aliphatic carbocycles. The van der Waals surface area contributed by atoms with Gasteiger partial charge in [-0.25, -0.2) is 14.3 Å². The van der Waals surface area contributed by atoms with Gasteiger partial charge >= 0.3 is 11.8 Å². The van der Waals surface area contributed by atoms with Crippen LogP contribution in [0.15, 0.2) is 59.1 Å². The normalized spacial score (nSPS) is 18.7. The van der Waals surface area contributed by atoms with Gasteiger partial charge in [-0.05, 0) is 36.8 Å². The Kier molecular flexibility index (Phi) is 4.94. The summed E-state index contributed by atoms with van der Waals surface area (Å²) in [5, 5.41) is 14.5. The molecule has 1 aliphatic heterocycles. The summed E-state index contributed by atoms with van der Waals surface area (Å²) in [6.07, 6.45) is 2.85. The second-order valence-corrected chi connectivity index (χ2v) is 7.26. The number of carbonyl (C=O) groups is 2. The van der Waals surface area contributed by atoms with E-state index >= 15 is 0 Å². The highest BCUT2D eigenvalue weighted by atomic mass is 16.6. The molecule has 0 saturated heterocycles. The fraction of sp³-hybridized carbons (Fsp3) is 0.286. The van der Waals surface area contributed by atoms with Crippen LogP contribution in [0, 0.1) is 10.1 Å². The van der Waals surface area contributed by atoms with Crippen LogP contribution in [-0.2, 0) is 16.6 Å². The van der Waals surface area contributed by atoms with E-state index in [0.717, 1.165) is 11.9 Å². The van der Waals surface area contributed by atoms with Gasteiger partial charge in [-0.1, -0.05) is 18.2 Å². The lowest BCUT2D eigenvalue weighted by Gasteiger charge is -2.32. The van der Waals surface area contributed by atoms with Crippen LogP contribution in [0.2, 0.25) is 0 Å². The number of allylic oxidation sites excluding steroid dienone is 3. The van der Waals surface area contributed by atoms with Crippen LogP contribution in [0.5, 0.6) is 5.75 Å². The lowest BCUT2D eigenvalue weighted by atomic mass is 9.78. The van der Waals surface area contributed by atoms with Crippen LogP contribution in [0.3, 0.4) is 0 Å². The van der Waals surface area contributed by atoms with Gasteiger partial charge in [0.15, 0.2) is 5.78 Å². The summed E-state index contributed by atoms with van der Waals surface area (Å²) in [6, 6.07) is 8.60. The lowest BCUT2D eigenvalue weighted by molar-refractivity contribution is -0.391. The molecule has 154 valence electrons. The predicted molar refractivity (Wildman–Crippen MR) is 106 cm³/mol. The molecule has 2 aromatic rings. The van der Waals surface area contributed by atoms with E-state index in [1.165, 1.54) is 11.6 Å². The van der Waals surface area contributed by atoms with Crippen molar-refractivity contribution in [3.63, 3.8) is 0 Å². The zero-order valence-corrected chi connectivity index (χ0v) is 16.5. The topological polar surface area (TPSA) is 116 Å². The molecule has 2 aliphatic rings. The Morgan fingerprint density at radius 3 is 2.70 bits per heavy atom. The van der Waals surface area contributed by atoms with Gasteiger partial charge in [0.1, 0.15) is 17.9 Å². The molecule has 1 N–H and O–H groups in total. The summed E-state index contributed by atoms with van der Waals surface area (Å²) >= 11 is 0. The Bertz CT molecular complexity index is 1110. The molecule has 30 heavy (non-hydrogen) atoms. The minimum Gasteiger partial charge on any atom is -0.423 e. The number of aromatic nitrogens is 2. The van der Waals surface area contributed by atoms with E-state index < -0.39 is 16.8 Å². The number of para-hydroxylation sites is 1. The molecule has 9 heteroatoms. The first kappa shape index (κ1) is 19.6. The molecular weight excluding hydrogens is 388 g/mol. The number of hydrogen-bond donors (Lipinski definition) is 1. The largest absolute Gasteiger partial charge is 0.423 e. The van der Waals surface area contributed by atoms with Crippen molar-refractivity contribution in [2.75, 3.05) is 0 Å². The number of nitrogens with one attached hydrogen (secondary N) is 1. The average molecular weight is 408 g/mol. The van der Waals surface area contributed by atoms with Crippen molar-refractivity contribution in [3.05, 3.63) is 75.0 Å². The van der Waals surface area contributed by atoms with Gasteiger partial charge in [0.05, 0.1) is 12.6 Å². The third-order valence-electron chi connectivity index (χ3n) is 5.39. The number of esters is 1. The molecule has 0 bridgehead atoms. The molecule has 0 amide bonds. The maximum atomic E-state index is 13.2. The number of hydrogen-bond acceptors (Lipinski definition) is 7. The summed E-state index contributed by atoms with van der Waals surface area (Å²) < 4.78 is 6.85. The Labute approximate surface area is 172 Å². The van der Waals surface area contributed by atoms with Crippen LogP contribution in [-0.4, -0.2) is 26.2 Å². The van der Waals surface area contributed by atoms with Crippen molar-refractivity contribution in [2.24, 2.45) is 7.05 Å². The number of dihydropyridines is 1. The molecular formula is C21H20N4O5. The minimum atomic E-state index is -0.844. The van der Waals surface area contributed by atoms with Gasteiger partial charge in [-0.2, -0.15) is 0 Å². The van der Waals surface area contributed by atoms with Crippen molar-refractivity contribution >= 4 is 17.6 Å². The fourth-order valence-electron chi connectivity index (χ4n) is 4.01. The highest BCUT2D eigenvalue weighted by molar-refractivity contribution is 6.03. The van der Waals surface area contributed by atoms with E-state index in [1.54, 1.807) is 37.3 Å². The van der Waals surface area contributed by atoms with Crippen LogP contribution >= 0.6 is 0 Å². The Balaban J connectivity index is 1.84. The Morgan fingerprint density at radius 2 is 2.03 bits per heavy atom. The maximum absolute atomic E-state index is 13.2. The molecule has 1 unspecified atom stereocenters. The van der Waals surface area contributed by atoms with E-state index in [4.69, 9.17) is 4.74 Å². The molecule has 0 saturated carbocycles. The first-order valence-electron chi connectivity index (χ1n) is 9.55. The van der Waals surface area contributed by atoms with Gasteiger partial charge in [-0.3, -0.25) is 4.79 Å². The van der Waals surface area contributed by atoms with Crippen molar-refractivity contribution in [1.82, 2.24) is 14.9 Å². The summed E-state index contributed by atoms with van der Waals surface area (Å²) in [5.41, 5.74) is 1.92. The first-order valence-corrected chi connectivity index (χ1v) is 9.55. The molecule has 0 radical (unpaired) electrons. The van der Waals surface area contributed by atoms with Gasteiger partial charge < -0.3 is 20.2 Å². The highest BCUT2D eigenvalue weighted by Gasteiger charge is 2.43. The zero-order valence-electron chi connectivity index (χ0n) is 16.5. The number of imidazole rings is 1. The molecule has 1 aromatic heterocycles. The number of carbonyl (C=O) groups excluding carboxylic acids is 2. The van der Waals surface area contributed by atoms with Gasteiger partial charge in [-0.15, -0.1) is 0 Å². The number of benzene rings is 1. The van der Waals surface area contributed by atoms with Crippen molar-refractivity contribution in [1.29, 1.82) is 0 Å². The third-order valence-corrected chi connectivity index (χ3v) is 5.39. The minimum absolute atomic E-state index is 0.100. The molecule has 9 nitrogen and oxygen atoms in total. The lowest BCUT2D eigenvalue weighted by Crippen LogP contribution is -2.36. The molecule has 4 rings (SSSR count). The van der Waals surface area contributed by atoms with E-state index in [0.29, 0.717) is 36.3 Å². The number of rotatable bonds is 4. The maximum Gasteiger partial charge on any atom is 0.342 e. The monoisotopic (exact) mass is 408 g/mol. The summed E-state index contributed by atoms with van der Waals surface area (Å²) in [6.45, 7) is 1.73. The van der Waals surface area contributed by atoms with Crippen LogP contribution in [0.4, 0.5) is 5.82 Å². The predicted octanol–water partition coefficient (Wildman–Crippen LogP) is 2.90. The number of nitrogens with zero attached hydrogens (tertiary/aromatic N) is 3. The highest BCUT2D eigenvalue weighted by Crippen LogP contribution is 2.42. The zero-order chi connectivity index (χ0) is 21.4. The molecule has 1 atom stereocenters. The third kappa shape index (κ3) is 3.28. The average Bonchev–Trinajstić information content (AvgIpc) is 3.09. The smallest absolute Gasteiger partial charge is 0.342 e. The van der Waals surface area contributed by atoms with Crippen molar-refractivity contribution < 1.29 is 19.2 Å². The number of ketones is 1. The molecule has 1 aromatic carbocycles. The number of Topliss-reactive ketones (excluding diaryl/α,β-unsaturated/α-hetero) is 1.